The fraction of sp³-hybridized carbons (Fsp3) is 0.211. The van der Waals surface area contributed by atoms with Crippen molar-refractivity contribution in [3.63, 3.8) is 0 Å². The molecule has 3 nitrogen and oxygen atoms in total. The Morgan fingerprint density at radius 1 is 1.05 bits per heavy atom. The van der Waals surface area contributed by atoms with Gasteiger partial charge in [0, 0.05) is 29.9 Å². The molecule has 0 aliphatic heterocycles. The largest absolute Gasteiger partial charge is 0.331 e. The first-order valence-corrected chi connectivity index (χ1v) is 7.54. The molecule has 3 heteroatoms. The minimum absolute atomic E-state index is 0.923. The van der Waals surface area contributed by atoms with Crippen LogP contribution in [0.2, 0.25) is 0 Å². The highest BCUT2D eigenvalue weighted by atomic mass is 15.0. The molecule has 1 aliphatic carbocycles. The minimum atomic E-state index is 0.923. The third-order valence-corrected chi connectivity index (χ3v) is 4.38. The van der Waals surface area contributed by atoms with Gasteiger partial charge >= 0.3 is 5.82 Å². The lowest BCUT2D eigenvalue weighted by Crippen LogP contribution is -2.33. The summed E-state index contributed by atoms with van der Waals surface area (Å²) in [5.41, 5.74) is 8.58. The first-order valence-electron chi connectivity index (χ1n) is 7.54. The highest BCUT2D eigenvalue weighted by Crippen LogP contribution is 2.34. The van der Waals surface area contributed by atoms with E-state index in [0.717, 1.165) is 17.9 Å². The van der Waals surface area contributed by atoms with E-state index in [2.05, 4.69) is 60.9 Å². The molecule has 0 bridgehead atoms. The molecule has 0 amide bonds. The summed E-state index contributed by atoms with van der Waals surface area (Å²) in [6, 6.07) is 8.60. The quantitative estimate of drug-likeness (QED) is 0.504. The molecule has 0 N–H and O–H groups in total. The molecule has 3 aromatic rings. The summed E-state index contributed by atoms with van der Waals surface area (Å²) in [7, 11) is 2.08. The van der Waals surface area contributed by atoms with Crippen LogP contribution < -0.4 is 4.57 Å². The lowest BCUT2D eigenvalue weighted by atomic mass is 10.0. The Bertz CT molecular complexity index is 897. The normalized spacial score (nSPS) is 12.1. The molecular weight excluding hydrogens is 270 g/mol. The molecule has 0 atom stereocenters. The number of aryl methyl sites for hydroxylation is 3. The molecule has 2 heterocycles. The number of aromatic nitrogens is 3. The van der Waals surface area contributed by atoms with Crippen LogP contribution in [0.4, 0.5) is 0 Å². The standard InChI is InChI=1S/C19H18N3/c1-12-4-5-13(2)17(8-12)19-21-18-15(11-22(19)3)9-14-10-20-7-6-16(14)18/h4-8,10-11H,9H2,1-3H3/q+1. The van der Waals surface area contributed by atoms with E-state index in [1.165, 1.54) is 33.4 Å². The van der Waals surface area contributed by atoms with Crippen molar-refractivity contribution in [2.24, 2.45) is 7.05 Å². The van der Waals surface area contributed by atoms with Crippen LogP contribution in [0.1, 0.15) is 22.3 Å². The molecule has 108 valence electrons. The Morgan fingerprint density at radius 3 is 2.77 bits per heavy atom. The third kappa shape index (κ3) is 1.93. The van der Waals surface area contributed by atoms with Gasteiger partial charge in [0.15, 0.2) is 5.69 Å². The predicted octanol–water partition coefficient (Wildman–Crippen LogP) is 3.16. The minimum Gasteiger partial charge on any atom is -0.264 e. The van der Waals surface area contributed by atoms with Gasteiger partial charge in [-0.05, 0) is 42.1 Å². The maximum absolute atomic E-state index is 5.00. The van der Waals surface area contributed by atoms with Crippen molar-refractivity contribution in [3.8, 4) is 22.6 Å². The fourth-order valence-electron chi connectivity index (χ4n) is 3.21. The van der Waals surface area contributed by atoms with E-state index in [0.29, 0.717) is 0 Å². The number of nitrogens with zero attached hydrogens (tertiary/aromatic N) is 3. The van der Waals surface area contributed by atoms with Gasteiger partial charge in [0.05, 0.1) is 18.8 Å². The number of hydrogen-bond donors (Lipinski definition) is 0. The van der Waals surface area contributed by atoms with E-state index in [-0.39, 0.29) is 0 Å². The van der Waals surface area contributed by atoms with Crippen LogP contribution in [0.25, 0.3) is 22.6 Å². The monoisotopic (exact) mass is 288 g/mol. The fourth-order valence-corrected chi connectivity index (χ4v) is 3.21. The Morgan fingerprint density at radius 2 is 1.91 bits per heavy atom. The maximum Gasteiger partial charge on any atom is 0.331 e. The molecule has 0 unspecified atom stereocenters. The molecule has 22 heavy (non-hydrogen) atoms. The number of hydrogen-bond acceptors (Lipinski definition) is 2. The first kappa shape index (κ1) is 13.1. The lowest BCUT2D eigenvalue weighted by molar-refractivity contribution is -0.663. The van der Waals surface area contributed by atoms with E-state index in [1.54, 1.807) is 0 Å². The van der Waals surface area contributed by atoms with E-state index in [4.69, 9.17) is 4.98 Å². The van der Waals surface area contributed by atoms with E-state index < -0.39 is 0 Å². The highest BCUT2D eigenvalue weighted by molar-refractivity contribution is 5.73. The summed E-state index contributed by atoms with van der Waals surface area (Å²) in [6.07, 6.45) is 6.93. The van der Waals surface area contributed by atoms with Crippen molar-refractivity contribution in [1.29, 1.82) is 0 Å². The van der Waals surface area contributed by atoms with Crippen molar-refractivity contribution >= 4 is 0 Å². The average Bonchev–Trinajstić information content (AvgIpc) is 2.86. The molecular formula is C19H18N3+. The van der Waals surface area contributed by atoms with Gasteiger partial charge in [-0.1, -0.05) is 17.7 Å². The van der Waals surface area contributed by atoms with Crippen molar-refractivity contribution in [3.05, 3.63) is 65.1 Å². The first-order chi connectivity index (χ1) is 10.6. The van der Waals surface area contributed by atoms with E-state index in [9.17, 15) is 0 Å². The smallest absolute Gasteiger partial charge is 0.264 e. The Kier molecular flexibility index (Phi) is 2.83. The zero-order valence-corrected chi connectivity index (χ0v) is 13.1. The average molecular weight is 288 g/mol. The highest BCUT2D eigenvalue weighted by Gasteiger charge is 2.28. The number of fused-ring (bicyclic) bond motifs is 3. The Labute approximate surface area is 130 Å². The molecule has 0 fully saturated rings. The van der Waals surface area contributed by atoms with E-state index in [1.807, 2.05) is 12.4 Å². The van der Waals surface area contributed by atoms with Crippen molar-refractivity contribution < 1.29 is 4.57 Å². The number of pyridine rings is 1. The van der Waals surface area contributed by atoms with Crippen LogP contribution in [-0.4, -0.2) is 9.97 Å². The zero-order valence-electron chi connectivity index (χ0n) is 13.1. The number of benzene rings is 1. The second-order valence-corrected chi connectivity index (χ2v) is 6.08. The predicted molar refractivity (Wildman–Crippen MR) is 86.4 cm³/mol. The molecule has 0 saturated carbocycles. The van der Waals surface area contributed by atoms with Gasteiger partial charge in [-0.25, -0.2) is 4.57 Å². The Balaban J connectivity index is 1.96. The van der Waals surface area contributed by atoms with Gasteiger partial charge in [0.25, 0.3) is 0 Å². The van der Waals surface area contributed by atoms with Crippen molar-refractivity contribution in [2.75, 3.05) is 0 Å². The van der Waals surface area contributed by atoms with Crippen LogP contribution >= 0.6 is 0 Å². The summed E-state index contributed by atoms with van der Waals surface area (Å²) < 4.78 is 2.14. The van der Waals surface area contributed by atoms with Crippen LogP contribution in [0.3, 0.4) is 0 Å². The maximum atomic E-state index is 5.00. The summed E-state index contributed by atoms with van der Waals surface area (Å²) in [4.78, 5) is 9.24. The van der Waals surface area contributed by atoms with Gasteiger partial charge in [-0.3, -0.25) is 4.98 Å². The molecule has 0 spiro atoms. The number of rotatable bonds is 1. The van der Waals surface area contributed by atoms with Crippen LogP contribution in [-0.2, 0) is 13.5 Å². The van der Waals surface area contributed by atoms with Crippen LogP contribution in [0.15, 0.2) is 42.9 Å². The van der Waals surface area contributed by atoms with Crippen LogP contribution in [0, 0.1) is 13.8 Å². The molecule has 2 aromatic heterocycles. The van der Waals surface area contributed by atoms with Crippen LogP contribution in [0.5, 0.6) is 0 Å². The molecule has 0 radical (unpaired) electrons. The third-order valence-electron chi connectivity index (χ3n) is 4.38. The molecule has 4 rings (SSSR count). The topological polar surface area (TPSA) is 29.7 Å². The SMILES string of the molecule is Cc1ccc(C)c(-c2nc3c(c[n+]2C)Cc2cnccc2-3)c1. The molecule has 1 aromatic carbocycles. The molecule has 1 aliphatic rings. The van der Waals surface area contributed by atoms with Gasteiger partial charge in [-0.15, -0.1) is 0 Å². The van der Waals surface area contributed by atoms with Gasteiger partial charge < -0.3 is 0 Å². The summed E-state index contributed by atoms with van der Waals surface area (Å²) >= 11 is 0. The second kappa shape index (κ2) is 4.73. The van der Waals surface area contributed by atoms with Gasteiger partial charge in [0.2, 0.25) is 0 Å². The lowest BCUT2D eigenvalue weighted by Gasteiger charge is -2.06. The molecule has 0 saturated heterocycles. The summed E-state index contributed by atoms with van der Waals surface area (Å²) in [5.74, 6) is 1.02. The second-order valence-electron chi connectivity index (χ2n) is 6.08. The zero-order chi connectivity index (χ0) is 15.3. The summed E-state index contributed by atoms with van der Waals surface area (Å²) in [5, 5.41) is 0. The van der Waals surface area contributed by atoms with Gasteiger partial charge in [-0.2, -0.15) is 0 Å². The van der Waals surface area contributed by atoms with Gasteiger partial charge in [0.1, 0.15) is 0 Å². The summed E-state index contributed by atoms with van der Waals surface area (Å²) in [6.45, 7) is 4.26. The Hall–Kier alpha value is -2.55. The van der Waals surface area contributed by atoms with Crippen molar-refractivity contribution in [1.82, 2.24) is 9.97 Å². The van der Waals surface area contributed by atoms with E-state index >= 15 is 0 Å². The van der Waals surface area contributed by atoms with Crippen molar-refractivity contribution in [2.45, 2.75) is 20.3 Å².